The minimum Gasteiger partial charge on any atom is -0.480 e. The second-order valence-electron chi connectivity index (χ2n) is 4.66. The molecular formula is C14H19NO3. The van der Waals surface area contributed by atoms with Crippen molar-refractivity contribution in [2.45, 2.75) is 32.7 Å². The maximum absolute atomic E-state index is 12.2. The van der Waals surface area contributed by atoms with Crippen LogP contribution in [0, 0.1) is 0 Å². The second-order valence-corrected chi connectivity index (χ2v) is 4.66. The lowest BCUT2D eigenvalue weighted by Crippen LogP contribution is -2.53. The van der Waals surface area contributed by atoms with Crippen molar-refractivity contribution in [2.75, 3.05) is 6.54 Å². The van der Waals surface area contributed by atoms with Crippen LogP contribution in [-0.2, 0) is 16.0 Å². The Kier molecular flexibility index (Phi) is 4.48. The molecule has 0 aliphatic carbocycles. The fourth-order valence-electron chi connectivity index (χ4n) is 1.86. The summed E-state index contributed by atoms with van der Waals surface area (Å²) in [5.41, 5.74) is -0.289. The van der Waals surface area contributed by atoms with E-state index >= 15 is 0 Å². The predicted molar refractivity (Wildman–Crippen MR) is 69.2 cm³/mol. The van der Waals surface area contributed by atoms with Gasteiger partial charge < -0.3 is 10.0 Å². The molecule has 0 spiro atoms. The summed E-state index contributed by atoms with van der Waals surface area (Å²) >= 11 is 0. The van der Waals surface area contributed by atoms with Crippen molar-refractivity contribution in [1.82, 2.24) is 4.90 Å². The van der Waals surface area contributed by atoms with Crippen molar-refractivity contribution >= 4 is 11.9 Å². The van der Waals surface area contributed by atoms with E-state index in [2.05, 4.69) is 0 Å². The Morgan fingerprint density at radius 2 is 1.78 bits per heavy atom. The second kappa shape index (κ2) is 5.67. The number of hydrogen-bond acceptors (Lipinski definition) is 2. The zero-order valence-electron chi connectivity index (χ0n) is 11.0. The molecule has 1 aromatic rings. The Bertz CT molecular complexity index is 426. The van der Waals surface area contributed by atoms with Gasteiger partial charge >= 0.3 is 5.97 Å². The average molecular weight is 249 g/mol. The summed E-state index contributed by atoms with van der Waals surface area (Å²) in [5, 5.41) is 9.16. The molecule has 0 heterocycles. The number of carbonyl (C=O) groups is 2. The smallest absolute Gasteiger partial charge is 0.329 e. The number of carboxylic acid groups (broad SMARTS) is 1. The van der Waals surface area contributed by atoms with Crippen molar-refractivity contribution in [3.8, 4) is 0 Å². The summed E-state index contributed by atoms with van der Waals surface area (Å²) < 4.78 is 0. The third-order valence-electron chi connectivity index (χ3n) is 3.01. The zero-order valence-corrected chi connectivity index (χ0v) is 11.0. The van der Waals surface area contributed by atoms with Crippen LogP contribution in [0.5, 0.6) is 0 Å². The van der Waals surface area contributed by atoms with Crippen LogP contribution in [-0.4, -0.2) is 34.0 Å². The van der Waals surface area contributed by atoms with Gasteiger partial charge in [-0.05, 0) is 26.3 Å². The van der Waals surface area contributed by atoms with E-state index in [-0.39, 0.29) is 12.3 Å². The monoisotopic (exact) mass is 249 g/mol. The molecule has 0 bridgehead atoms. The van der Waals surface area contributed by atoms with Crippen molar-refractivity contribution in [2.24, 2.45) is 0 Å². The van der Waals surface area contributed by atoms with Crippen LogP contribution in [0.25, 0.3) is 0 Å². The summed E-state index contributed by atoms with van der Waals surface area (Å²) in [6, 6.07) is 9.33. The Morgan fingerprint density at radius 1 is 1.22 bits per heavy atom. The van der Waals surface area contributed by atoms with E-state index < -0.39 is 11.5 Å². The van der Waals surface area contributed by atoms with E-state index in [4.69, 9.17) is 5.11 Å². The summed E-state index contributed by atoms with van der Waals surface area (Å²) in [6.45, 7) is 5.25. The standard InChI is InChI=1S/C14H19NO3/c1-4-15(14(2,3)13(17)18)12(16)10-11-8-6-5-7-9-11/h5-9H,4,10H2,1-3H3,(H,17,18). The Balaban J connectivity index is 2.84. The molecule has 0 saturated heterocycles. The maximum Gasteiger partial charge on any atom is 0.329 e. The zero-order chi connectivity index (χ0) is 13.8. The van der Waals surface area contributed by atoms with Gasteiger partial charge in [-0.2, -0.15) is 0 Å². The molecule has 1 rings (SSSR count). The van der Waals surface area contributed by atoms with Crippen LogP contribution in [0.15, 0.2) is 30.3 Å². The largest absolute Gasteiger partial charge is 0.480 e. The van der Waals surface area contributed by atoms with Gasteiger partial charge in [0.1, 0.15) is 5.54 Å². The number of rotatable bonds is 5. The molecule has 0 radical (unpaired) electrons. The first kappa shape index (κ1) is 14.2. The fourth-order valence-corrected chi connectivity index (χ4v) is 1.86. The number of benzene rings is 1. The molecule has 1 amide bonds. The molecule has 0 atom stereocenters. The van der Waals surface area contributed by atoms with Gasteiger partial charge in [0.15, 0.2) is 0 Å². The van der Waals surface area contributed by atoms with Crippen LogP contribution in [0.2, 0.25) is 0 Å². The highest BCUT2D eigenvalue weighted by Gasteiger charge is 2.36. The van der Waals surface area contributed by atoms with Crippen LogP contribution >= 0.6 is 0 Å². The number of aliphatic carboxylic acids is 1. The van der Waals surface area contributed by atoms with Gasteiger partial charge in [0.2, 0.25) is 5.91 Å². The fraction of sp³-hybridized carbons (Fsp3) is 0.429. The Hall–Kier alpha value is -1.84. The molecule has 0 aliphatic rings. The van der Waals surface area contributed by atoms with Gasteiger partial charge in [-0.15, -0.1) is 0 Å². The van der Waals surface area contributed by atoms with E-state index in [1.165, 1.54) is 4.90 Å². The number of carbonyl (C=O) groups excluding carboxylic acids is 1. The van der Waals surface area contributed by atoms with Crippen LogP contribution in [0.1, 0.15) is 26.3 Å². The Morgan fingerprint density at radius 3 is 2.22 bits per heavy atom. The number of likely N-dealkylation sites (N-methyl/N-ethyl adjacent to an activating group) is 1. The summed E-state index contributed by atoms with van der Waals surface area (Å²) in [7, 11) is 0. The summed E-state index contributed by atoms with van der Waals surface area (Å²) in [6.07, 6.45) is 0.228. The molecule has 0 fully saturated rings. The van der Waals surface area contributed by atoms with Crippen LogP contribution in [0.3, 0.4) is 0 Å². The number of carboxylic acids is 1. The van der Waals surface area contributed by atoms with Gasteiger partial charge in [0, 0.05) is 6.54 Å². The normalized spacial score (nSPS) is 11.1. The molecule has 4 heteroatoms. The van der Waals surface area contributed by atoms with E-state index in [1.54, 1.807) is 20.8 Å². The number of nitrogens with zero attached hydrogens (tertiary/aromatic N) is 1. The van der Waals surface area contributed by atoms with E-state index in [1.807, 2.05) is 30.3 Å². The third kappa shape index (κ3) is 3.09. The quantitative estimate of drug-likeness (QED) is 0.867. The first-order valence-corrected chi connectivity index (χ1v) is 5.97. The first-order valence-electron chi connectivity index (χ1n) is 5.97. The lowest BCUT2D eigenvalue weighted by atomic mass is 10.0. The molecule has 0 aromatic heterocycles. The third-order valence-corrected chi connectivity index (χ3v) is 3.01. The molecule has 1 aromatic carbocycles. The van der Waals surface area contributed by atoms with Gasteiger partial charge in [-0.3, -0.25) is 4.79 Å². The molecule has 98 valence electrons. The lowest BCUT2D eigenvalue weighted by molar-refractivity contribution is -0.156. The molecule has 4 nitrogen and oxygen atoms in total. The van der Waals surface area contributed by atoms with Crippen LogP contribution < -0.4 is 0 Å². The molecular weight excluding hydrogens is 230 g/mol. The molecule has 0 aliphatic heterocycles. The predicted octanol–water partition coefficient (Wildman–Crippen LogP) is 1.94. The SMILES string of the molecule is CCN(C(=O)Cc1ccccc1)C(C)(C)C(=O)O. The van der Waals surface area contributed by atoms with Crippen LogP contribution in [0.4, 0.5) is 0 Å². The highest BCUT2D eigenvalue weighted by atomic mass is 16.4. The van der Waals surface area contributed by atoms with Crippen molar-refractivity contribution in [1.29, 1.82) is 0 Å². The Labute approximate surface area is 107 Å². The minimum atomic E-state index is -1.18. The topological polar surface area (TPSA) is 57.6 Å². The van der Waals surface area contributed by atoms with Gasteiger partial charge in [-0.1, -0.05) is 30.3 Å². The highest BCUT2D eigenvalue weighted by Crippen LogP contribution is 2.16. The molecule has 0 saturated carbocycles. The molecule has 18 heavy (non-hydrogen) atoms. The maximum atomic E-state index is 12.2. The van der Waals surface area contributed by atoms with E-state index in [0.717, 1.165) is 5.56 Å². The van der Waals surface area contributed by atoms with Gasteiger partial charge in [-0.25, -0.2) is 4.79 Å². The molecule has 0 unspecified atom stereocenters. The molecule has 1 N–H and O–H groups in total. The lowest BCUT2D eigenvalue weighted by Gasteiger charge is -2.34. The highest BCUT2D eigenvalue weighted by molar-refractivity contribution is 5.87. The van der Waals surface area contributed by atoms with Crippen molar-refractivity contribution < 1.29 is 14.7 Å². The number of hydrogen-bond donors (Lipinski definition) is 1. The number of amides is 1. The summed E-state index contributed by atoms with van der Waals surface area (Å²) in [4.78, 5) is 24.7. The van der Waals surface area contributed by atoms with Gasteiger partial charge in [0.05, 0.1) is 6.42 Å². The van der Waals surface area contributed by atoms with Crippen molar-refractivity contribution in [3.05, 3.63) is 35.9 Å². The van der Waals surface area contributed by atoms with E-state index in [0.29, 0.717) is 6.54 Å². The van der Waals surface area contributed by atoms with E-state index in [9.17, 15) is 9.59 Å². The van der Waals surface area contributed by atoms with Crippen molar-refractivity contribution in [3.63, 3.8) is 0 Å². The first-order chi connectivity index (χ1) is 8.39. The minimum absolute atomic E-state index is 0.170. The average Bonchev–Trinajstić information content (AvgIpc) is 2.30. The van der Waals surface area contributed by atoms with Gasteiger partial charge in [0.25, 0.3) is 0 Å². The summed E-state index contributed by atoms with van der Waals surface area (Å²) in [5.74, 6) is -1.16.